The second kappa shape index (κ2) is 8.17. The lowest BCUT2D eigenvalue weighted by Crippen LogP contribution is -2.12. The SMILES string of the molecule is CCc1ccc(NC(=O)CCSc2cc(C)c3ccccc3n2)cc1. The highest BCUT2D eigenvalue weighted by Gasteiger charge is 2.06. The minimum atomic E-state index is 0.0364. The summed E-state index contributed by atoms with van der Waals surface area (Å²) in [4.78, 5) is 16.8. The Kier molecular flexibility index (Phi) is 5.71. The van der Waals surface area contributed by atoms with Gasteiger partial charge in [-0.2, -0.15) is 0 Å². The van der Waals surface area contributed by atoms with E-state index in [1.165, 1.54) is 16.5 Å². The van der Waals surface area contributed by atoms with Crippen LogP contribution in [0.15, 0.2) is 59.6 Å². The Bertz CT molecular complexity index is 875. The molecular weight excluding hydrogens is 328 g/mol. The maximum Gasteiger partial charge on any atom is 0.225 e. The summed E-state index contributed by atoms with van der Waals surface area (Å²) < 4.78 is 0. The fraction of sp³-hybridized carbons (Fsp3) is 0.238. The van der Waals surface area contributed by atoms with Gasteiger partial charge in [-0.25, -0.2) is 4.98 Å². The molecule has 3 rings (SSSR count). The summed E-state index contributed by atoms with van der Waals surface area (Å²) in [5.74, 6) is 0.748. The van der Waals surface area contributed by atoms with E-state index in [2.05, 4.69) is 36.3 Å². The molecule has 0 bridgehead atoms. The van der Waals surface area contributed by atoms with Crippen molar-refractivity contribution in [2.45, 2.75) is 31.7 Å². The zero-order valence-corrected chi connectivity index (χ0v) is 15.4. The van der Waals surface area contributed by atoms with E-state index in [1.807, 2.05) is 42.5 Å². The predicted molar refractivity (Wildman–Crippen MR) is 106 cm³/mol. The number of rotatable bonds is 6. The number of thioether (sulfide) groups is 1. The largest absolute Gasteiger partial charge is 0.326 e. The first kappa shape index (κ1) is 17.5. The summed E-state index contributed by atoms with van der Waals surface area (Å²) in [5, 5.41) is 5.10. The monoisotopic (exact) mass is 350 g/mol. The third-order valence-corrected chi connectivity index (χ3v) is 5.04. The van der Waals surface area contributed by atoms with E-state index in [0.29, 0.717) is 12.2 Å². The summed E-state index contributed by atoms with van der Waals surface area (Å²) in [6.07, 6.45) is 1.47. The lowest BCUT2D eigenvalue weighted by molar-refractivity contribution is -0.115. The third-order valence-electron chi connectivity index (χ3n) is 4.12. The van der Waals surface area contributed by atoms with Gasteiger partial charge < -0.3 is 5.32 Å². The number of aromatic nitrogens is 1. The quantitative estimate of drug-likeness (QED) is 0.619. The number of anilines is 1. The van der Waals surface area contributed by atoms with E-state index in [4.69, 9.17) is 0 Å². The van der Waals surface area contributed by atoms with Crippen molar-refractivity contribution < 1.29 is 4.79 Å². The van der Waals surface area contributed by atoms with Crippen LogP contribution in [-0.2, 0) is 11.2 Å². The van der Waals surface area contributed by atoms with Crippen molar-refractivity contribution >= 4 is 34.3 Å². The molecule has 1 heterocycles. The van der Waals surface area contributed by atoms with Crippen molar-refractivity contribution in [2.24, 2.45) is 0 Å². The van der Waals surface area contributed by atoms with Gasteiger partial charge in [-0.15, -0.1) is 11.8 Å². The first-order valence-corrected chi connectivity index (χ1v) is 9.52. The van der Waals surface area contributed by atoms with Crippen LogP contribution in [0.25, 0.3) is 10.9 Å². The fourth-order valence-electron chi connectivity index (χ4n) is 2.69. The Hall–Kier alpha value is -2.33. The molecule has 0 radical (unpaired) electrons. The van der Waals surface area contributed by atoms with Crippen LogP contribution in [-0.4, -0.2) is 16.6 Å². The minimum Gasteiger partial charge on any atom is -0.326 e. The van der Waals surface area contributed by atoms with Crippen molar-refractivity contribution in [3.63, 3.8) is 0 Å². The standard InChI is InChI=1S/C21H22N2OS/c1-3-16-8-10-17(11-9-16)22-20(24)12-13-25-21-14-15(2)18-6-4-5-7-19(18)23-21/h4-11,14H,3,12-13H2,1-2H3,(H,22,24). The van der Waals surface area contributed by atoms with Crippen LogP contribution in [0.4, 0.5) is 5.69 Å². The molecule has 0 spiro atoms. The van der Waals surface area contributed by atoms with E-state index >= 15 is 0 Å². The number of hydrogen-bond donors (Lipinski definition) is 1. The Morgan fingerprint density at radius 3 is 2.64 bits per heavy atom. The number of aryl methyl sites for hydroxylation is 2. The highest BCUT2D eigenvalue weighted by molar-refractivity contribution is 7.99. The smallest absolute Gasteiger partial charge is 0.225 e. The summed E-state index contributed by atoms with van der Waals surface area (Å²) >= 11 is 1.62. The van der Waals surface area contributed by atoms with E-state index < -0.39 is 0 Å². The van der Waals surface area contributed by atoms with Gasteiger partial charge in [0.05, 0.1) is 10.5 Å². The maximum atomic E-state index is 12.1. The molecule has 1 aromatic heterocycles. The van der Waals surface area contributed by atoms with Crippen molar-refractivity contribution in [1.29, 1.82) is 0 Å². The number of para-hydroxylation sites is 1. The van der Waals surface area contributed by atoms with Crippen LogP contribution < -0.4 is 5.32 Å². The number of pyridine rings is 1. The third kappa shape index (κ3) is 4.60. The molecule has 0 saturated heterocycles. The van der Waals surface area contributed by atoms with Crippen molar-refractivity contribution in [3.05, 3.63) is 65.7 Å². The molecule has 128 valence electrons. The number of carbonyl (C=O) groups excluding carboxylic acids is 1. The van der Waals surface area contributed by atoms with Crippen LogP contribution >= 0.6 is 11.8 Å². The zero-order valence-electron chi connectivity index (χ0n) is 14.6. The summed E-state index contributed by atoms with van der Waals surface area (Å²) in [6.45, 7) is 4.22. The lowest BCUT2D eigenvalue weighted by atomic mass is 10.1. The number of carbonyl (C=O) groups is 1. The van der Waals surface area contributed by atoms with Gasteiger partial charge >= 0.3 is 0 Å². The lowest BCUT2D eigenvalue weighted by Gasteiger charge is -2.07. The summed E-state index contributed by atoms with van der Waals surface area (Å²) in [5.41, 5.74) is 4.34. The molecule has 1 amide bonds. The molecule has 0 unspecified atom stereocenters. The molecule has 0 aliphatic heterocycles. The highest BCUT2D eigenvalue weighted by Crippen LogP contribution is 2.24. The molecule has 25 heavy (non-hydrogen) atoms. The topological polar surface area (TPSA) is 42.0 Å². The first-order valence-electron chi connectivity index (χ1n) is 8.53. The average molecular weight is 350 g/mol. The average Bonchev–Trinajstić information content (AvgIpc) is 2.62. The second-order valence-corrected chi connectivity index (χ2v) is 7.11. The van der Waals surface area contributed by atoms with Gasteiger partial charge in [0.15, 0.2) is 0 Å². The fourth-order valence-corrected chi connectivity index (χ4v) is 3.61. The molecule has 1 N–H and O–H groups in total. The Labute approximate surface area is 152 Å². The van der Waals surface area contributed by atoms with Crippen molar-refractivity contribution in [2.75, 3.05) is 11.1 Å². The number of benzene rings is 2. The van der Waals surface area contributed by atoms with Crippen LogP contribution in [0.2, 0.25) is 0 Å². The zero-order chi connectivity index (χ0) is 17.6. The normalized spacial score (nSPS) is 10.8. The van der Waals surface area contributed by atoms with Gasteiger partial charge in [-0.05, 0) is 48.7 Å². The number of amides is 1. The molecule has 4 heteroatoms. The van der Waals surface area contributed by atoms with Crippen LogP contribution in [0.5, 0.6) is 0 Å². The van der Waals surface area contributed by atoms with E-state index in [0.717, 1.165) is 22.7 Å². The first-order chi connectivity index (χ1) is 12.2. The molecular formula is C21H22N2OS. The second-order valence-electron chi connectivity index (χ2n) is 5.99. The van der Waals surface area contributed by atoms with Gasteiger partial charge in [0.25, 0.3) is 0 Å². The maximum absolute atomic E-state index is 12.1. The van der Waals surface area contributed by atoms with Crippen LogP contribution in [0.3, 0.4) is 0 Å². The van der Waals surface area contributed by atoms with Crippen molar-refractivity contribution in [1.82, 2.24) is 4.98 Å². The van der Waals surface area contributed by atoms with Gasteiger partial charge in [-0.1, -0.05) is 37.3 Å². The number of nitrogens with one attached hydrogen (secondary N) is 1. The highest BCUT2D eigenvalue weighted by atomic mass is 32.2. The van der Waals surface area contributed by atoms with E-state index in [-0.39, 0.29) is 5.91 Å². The number of nitrogens with zero attached hydrogens (tertiary/aromatic N) is 1. The molecule has 0 saturated carbocycles. The Morgan fingerprint density at radius 1 is 1.12 bits per heavy atom. The van der Waals surface area contributed by atoms with Crippen LogP contribution in [0.1, 0.15) is 24.5 Å². The molecule has 0 aliphatic rings. The van der Waals surface area contributed by atoms with Crippen LogP contribution in [0, 0.1) is 6.92 Å². The van der Waals surface area contributed by atoms with Gasteiger partial charge in [0.1, 0.15) is 0 Å². The molecule has 0 aliphatic carbocycles. The Balaban J connectivity index is 1.54. The molecule has 3 aromatic rings. The van der Waals surface area contributed by atoms with E-state index in [9.17, 15) is 4.79 Å². The molecule has 0 fully saturated rings. The Morgan fingerprint density at radius 2 is 1.88 bits per heavy atom. The van der Waals surface area contributed by atoms with Gasteiger partial charge in [-0.3, -0.25) is 4.79 Å². The molecule has 0 atom stereocenters. The summed E-state index contributed by atoms with van der Waals surface area (Å²) in [7, 11) is 0. The minimum absolute atomic E-state index is 0.0364. The van der Waals surface area contributed by atoms with Crippen molar-refractivity contribution in [3.8, 4) is 0 Å². The summed E-state index contributed by atoms with van der Waals surface area (Å²) in [6, 6.07) is 18.2. The number of fused-ring (bicyclic) bond motifs is 1. The van der Waals surface area contributed by atoms with Gasteiger partial charge in [0, 0.05) is 23.2 Å². The van der Waals surface area contributed by atoms with Gasteiger partial charge in [0.2, 0.25) is 5.91 Å². The predicted octanol–water partition coefficient (Wildman–Crippen LogP) is 5.23. The number of hydrogen-bond acceptors (Lipinski definition) is 3. The molecule has 3 nitrogen and oxygen atoms in total. The van der Waals surface area contributed by atoms with E-state index in [1.54, 1.807) is 11.8 Å². The molecule has 2 aromatic carbocycles.